The molecule has 2 heterocycles. The van der Waals surface area contributed by atoms with Crippen molar-refractivity contribution >= 4 is 57.2 Å². The number of rotatable bonds is 3. The molecule has 0 radical (unpaired) electrons. The molecule has 5 aliphatic rings. The summed E-state index contributed by atoms with van der Waals surface area (Å²) in [5.41, 5.74) is 28.3. The number of fused-ring (bicyclic) bond motifs is 7. The highest BCUT2D eigenvalue weighted by molar-refractivity contribution is 7.00. The van der Waals surface area contributed by atoms with Gasteiger partial charge in [-0.3, -0.25) is 0 Å². The zero-order chi connectivity index (χ0) is 45.4. The van der Waals surface area contributed by atoms with Gasteiger partial charge in [-0.15, -0.1) is 0 Å². The van der Waals surface area contributed by atoms with Crippen molar-refractivity contribution in [3.63, 3.8) is 0 Å². The fourth-order valence-electron chi connectivity index (χ4n) is 14.5. The maximum absolute atomic E-state index is 2.73. The Hall–Kier alpha value is -5.02. The van der Waals surface area contributed by atoms with Gasteiger partial charge in [-0.2, -0.15) is 0 Å². The molecule has 2 aliphatic heterocycles. The fourth-order valence-corrected chi connectivity index (χ4v) is 14.5. The molecule has 0 unspecified atom stereocenters. The van der Waals surface area contributed by atoms with Gasteiger partial charge in [0.25, 0.3) is 6.71 Å². The third-order valence-corrected chi connectivity index (χ3v) is 17.2. The lowest BCUT2D eigenvalue weighted by Gasteiger charge is -2.48. The first-order valence-corrected chi connectivity index (χ1v) is 24.4. The summed E-state index contributed by atoms with van der Waals surface area (Å²) < 4.78 is 0. The molecular weight excluding hydrogens is 771 g/mol. The van der Waals surface area contributed by atoms with Crippen LogP contribution in [0.15, 0.2) is 97.1 Å². The monoisotopic (exact) mass is 841 g/mol. The minimum Gasteiger partial charge on any atom is -0.311 e. The van der Waals surface area contributed by atoms with Crippen LogP contribution in [-0.4, -0.2) is 6.71 Å². The van der Waals surface area contributed by atoms with E-state index in [2.05, 4.69) is 211 Å². The molecule has 0 fully saturated rings. The van der Waals surface area contributed by atoms with E-state index in [-0.39, 0.29) is 39.2 Å². The van der Waals surface area contributed by atoms with Gasteiger partial charge in [0.1, 0.15) is 0 Å². The lowest BCUT2D eigenvalue weighted by Crippen LogP contribution is -2.62. The molecule has 6 aromatic rings. The first-order valence-electron chi connectivity index (χ1n) is 24.4. The molecule has 0 spiro atoms. The third kappa shape index (κ3) is 5.77. The number of aryl methyl sites for hydroxylation is 2. The van der Waals surface area contributed by atoms with Crippen LogP contribution in [0.4, 0.5) is 34.1 Å². The SMILES string of the molecule is Cc1cc2c3c(c1)N(c1ccc4c(c1C)C(C)(C)CC4(C)C)c1cc4c(cc1B3c1ccc(-c3ccccc3)cc1N2c1cc2c(cc1C)C(C)(C)CC2(C)C)C(C)(C)CCC4(C)C. The predicted octanol–water partition coefficient (Wildman–Crippen LogP) is 14.6. The van der Waals surface area contributed by atoms with Gasteiger partial charge in [0.2, 0.25) is 0 Å². The van der Waals surface area contributed by atoms with Crippen LogP contribution in [0.25, 0.3) is 11.1 Å². The second-order valence-electron chi connectivity index (χ2n) is 24.9. The van der Waals surface area contributed by atoms with Crippen molar-refractivity contribution in [2.45, 2.75) is 162 Å². The lowest BCUT2D eigenvalue weighted by atomic mass is 9.33. The molecule has 0 saturated heterocycles. The summed E-state index contributed by atoms with van der Waals surface area (Å²) >= 11 is 0. The Balaban J connectivity index is 1.26. The van der Waals surface area contributed by atoms with Gasteiger partial charge in [0, 0.05) is 34.1 Å². The van der Waals surface area contributed by atoms with Gasteiger partial charge in [-0.1, -0.05) is 144 Å². The second kappa shape index (κ2) is 13.1. The molecule has 64 heavy (non-hydrogen) atoms. The van der Waals surface area contributed by atoms with E-state index in [0.717, 1.165) is 12.8 Å². The van der Waals surface area contributed by atoms with E-state index >= 15 is 0 Å². The predicted molar refractivity (Wildman–Crippen MR) is 277 cm³/mol. The first kappa shape index (κ1) is 41.7. The van der Waals surface area contributed by atoms with Gasteiger partial charge in [-0.25, -0.2) is 0 Å². The van der Waals surface area contributed by atoms with Crippen molar-refractivity contribution in [2.24, 2.45) is 0 Å². The maximum Gasteiger partial charge on any atom is 0.252 e. The van der Waals surface area contributed by atoms with E-state index in [1.807, 2.05) is 0 Å². The van der Waals surface area contributed by atoms with Gasteiger partial charge < -0.3 is 9.80 Å². The average molecular weight is 841 g/mol. The van der Waals surface area contributed by atoms with Crippen LogP contribution in [0.1, 0.15) is 159 Å². The Kier molecular flexibility index (Phi) is 8.52. The summed E-state index contributed by atoms with van der Waals surface area (Å²) in [7, 11) is 0. The molecule has 6 aromatic carbocycles. The molecular formula is C61H69BN2. The lowest BCUT2D eigenvalue weighted by molar-refractivity contribution is 0.332. The van der Waals surface area contributed by atoms with E-state index < -0.39 is 0 Å². The molecule has 0 bridgehead atoms. The summed E-state index contributed by atoms with van der Waals surface area (Å²) in [6.07, 6.45) is 4.67. The zero-order valence-corrected chi connectivity index (χ0v) is 41.5. The topological polar surface area (TPSA) is 6.48 Å². The zero-order valence-electron chi connectivity index (χ0n) is 41.5. The van der Waals surface area contributed by atoms with Crippen LogP contribution in [-0.2, 0) is 32.5 Å². The van der Waals surface area contributed by atoms with E-state index in [1.165, 1.54) is 119 Å². The van der Waals surface area contributed by atoms with Gasteiger partial charge in [-0.05, 0) is 193 Å². The highest BCUT2D eigenvalue weighted by Gasteiger charge is 2.49. The van der Waals surface area contributed by atoms with Crippen molar-refractivity contribution in [2.75, 3.05) is 9.80 Å². The summed E-state index contributed by atoms with van der Waals surface area (Å²) in [5, 5.41) is 0. The van der Waals surface area contributed by atoms with Gasteiger partial charge in [0.15, 0.2) is 0 Å². The van der Waals surface area contributed by atoms with Crippen LogP contribution in [0.2, 0.25) is 0 Å². The van der Waals surface area contributed by atoms with Crippen LogP contribution in [0.3, 0.4) is 0 Å². The minimum absolute atomic E-state index is 0.0641. The molecule has 0 aromatic heterocycles. The normalized spacial score (nSPS) is 20.5. The van der Waals surface area contributed by atoms with Crippen molar-refractivity contribution in [1.82, 2.24) is 0 Å². The van der Waals surface area contributed by atoms with Crippen LogP contribution in [0.5, 0.6) is 0 Å². The molecule has 2 nitrogen and oxygen atoms in total. The van der Waals surface area contributed by atoms with E-state index in [9.17, 15) is 0 Å². The largest absolute Gasteiger partial charge is 0.311 e. The second-order valence-corrected chi connectivity index (χ2v) is 24.9. The van der Waals surface area contributed by atoms with E-state index in [1.54, 1.807) is 5.56 Å². The number of hydrogen-bond donors (Lipinski definition) is 0. The fraction of sp³-hybridized carbons (Fsp3) is 0.410. The summed E-state index contributed by atoms with van der Waals surface area (Å²) in [4.78, 5) is 5.42. The van der Waals surface area contributed by atoms with E-state index in [4.69, 9.17) is 0 Å². The Morgan fingerprint density at radius 2 is 0.938 bits per heavy atom. The first-order chi connectivity index (χ1) is 29.9. The number of nitrogens with zero attached hydrogens (tertiary/aromatic N) is 2. The van der Waals surface area contributed by atoms with Crippen LogP contribution < -0.4 is 26.2 Å². The number of hydrogen-bond acceptors (Lipinski definition) is 2. The Labute approximate surface area is 385 Å². The highest BCUT2D eigenvalue weighted by Crippen LogP contribution is 2.57. The summed E-state index contributed by atoms with van der Waals surface area (Å²) in [6, 6.07) is 38.9. The van der Waals surface area contributed by atoms with Crippen molar-refractivity contribution in [3.8, 4) is 11.1 Å². The highest BCUT2D eigenvalue weighted by atomic mass is 15.2. The molecule has 11 rings (SSSR count). The molecule has 0 N–H and O–H groups in total. The van der Waals surface area contributed by atoms with Gasteiger partial charge in [0.05, 0.1) is 0 Å². The Morgan fingerprint density at radius 3 is 1.59 bits per heavy atom. The molecule has 326 valence electrons. The van der Waals surface area contributed by atoms with Crippen molar-refractivity contribution in [3.05, 3.63) is 147 Å². The maximum atomic E-state index is 2.73. The van der Waals surface area contributed by atoms with E-state index in [0.29, 0.717) is 0 Å². The molecule has 0 atom stereocenters. The summed E-state index contributed by atoms with van der Waals surface area (Å²) in [6.45, 7) is 36.8. The van der Waals surface area contributed by atoms with Crippen LogP contribution in [0, 0.1) is 20.8 Å². The summed E-state index contributed by atoms with van der Waals surface area (Å²) in [5.74, 6) is 0. The molecule has 0 amide bonds. The average Bonchev–Trinajstić information content (AvgIpc) is 3.53. The van der Waals surface area contributed by atoms with Crippen molar-refractivity contribution < 1.29 is 0 Å². The standard InChI is InChI=1S/C61H69BN2/c1-36-27-52-55-53(28-36)64(49-32-45-42(29-37(49)2)59(10,11)34-60(45,12)13)50-30-40(39-19-17-16-18-20-39)21-23-46(50)62(55)47-31-43-44(57(6,7)26-25-56(43,4)5)33-51(47)63(52)48-24-22-41-54(38(48)3)61(14,15)35-58(41,8)9/h16-24,27-33H,25-26,34-35H2,1-15H3. The Morgan fingerprint density at radius 1 is 0.406 bits per heavy atom. The molecule has 0 saturated carbocycles. The number of benzene rings is 6. The quantitative estimate of drug-likeness (QED) is 0.164. The third-order valence-electron chi connectivity index (χ3n) is 17.2. The minimum atomic E-state index is 0.0641. The van der Waals surface area contributed by atoms with Gasteiger partial charge >= 0.3 is 0 Å². The molecule has 3 aliphatic carbocycles. The van der Waals surface area contributed by atoms with Crippen LogP contribution >= 0.6 is 0 Å². The number of anilines is 6. The smallest absolute Gasteiger partial charge is 0.252 e. The van der Waals surface area contributed by atoms with Crippen molar-refractivity contribution in [1.29, 1.82) is 0 Å². The Bertz CT molecular complexity index is 2990. The molecule has 3 heteroatoms.